The van der Waals surface area contributed by atoms with E-state index in [0.29, 0.717) is 13.2 Å². The Kier molecular flexibility index (Phi) is 4.86. The summed E-state index contributed by atoms with van der Waals surface area (Å²) < 4.78 is 5.12. The third-order valence-corrected chi connectivity index (χ3v) is 5.64. The van der Waals surface area contributed by atoms with Crippen molar-refractivity contribution in [2.24, 2.45) is 0 Å². The minimum absolute atomic E-state index is 0.131. The van der Waals surface area contributed by atoms with Gasteiger partial charge in [-0.2, -0.15) is 0 Å². The number of rotatable bonds is 4. The fraction of sp³-hybridized carbons (Fsp3) is 0.353. The van der Waals surface area contributed by atoms with Gasteiger partial charge in [0.25, 0.3) is 5.91 Å². The number of hydrogen-bond donors (Lipinski definition) is 0. The first-order valence-corrected chi connectivity index (χ1v) is 9.28. The van der Waals surface area contributed by atoms with E-state index >= 15 is 0 Å². The van der Waals surface area contributed by atoms with Gasteiger partial charge in [0.05, 0.1) is 11.5 Å². The number of thiophene rings is 1. The molecule has 1 aliphatic rings. The van der Waals surface area contributed by atoms with Crippen LogP contribution in [0.3, 0.4) is 0 Å². The molecule has 0 saturated carbocycles. The molecular formula is C17H19NO2S2. The van der Waals surface area contributed by atoms with E-state index in [2.05, 4.69) is 24.5 Å². The topological polar surface area (TPSA) is 29.5 Å². The summed E-state index contributed by atoms with van der Waals surface area (Å²) in [5, 5.41) is 0. The quantitative estimate of drug-likeness (QED) is 0.797. The van der Waals surface area contributed by atoms with Gasteiger partial charge < -0.3 is 9.64 Å². The Morgan fingerprint density at radius 3 is 2.95 bits per heavy atom. The molecule has 0 N–H and O–H groups in total. The van der Waals surface area contributed by atoms with Crippen LogP contribution in [0, 0.1) is 0 Å². The molecular weight excluding hydrogens is 314 g/mol. The standard InChI is InChI=1S/C17H19NO2S2/c1-20-11-15-5-6-16(22-15)17(19)18-8-7-12-9-14(21-2)4-3-13(12)10-18/h3-6,9H,7-8,10-11H2,1-2H3. The average Bonchev–Trinajstić information content (AvgIpc) is 3.02. The van der Waals surface area contributed by atoms with E-state index < -0.39 is 0 Å². The molecule has 2 heterocycles. The van der Waals surface area contributed by atoms with Gasteiger partial charge in [-0.05, 0) is 48.1 Å². The average molecular weight is 333 g/mol. The first kappa shape index (κ1) is 15.6. The summed E-state index contributed by atoms with van der Waals surface area (Å²) in [6.07, 6.45) is 3.03. The zero-order valence-electron chi connectivity index (χ0n) is 12.8. The maximum absolute atomic E-state index is 12.6. The molecule has 2 aromatic rings. The highest BCUT2D eigenvalue weighted by molar-refractivity contribution is 7.98. The Morgan fingerprint density at radius 1 is 1.32 bits per heavy atom. The first-order chi connectivity index (χ1) is 10.7. The molecule has 0 saturated heterocycles. The normalized spacial score (nSPS) is 14.0. The molecule has 3 rings (SSSR count). The van der Waals surface area contributed by atoms with Gasteiger partial charge in [0.1, 0.15) is 0 Å². The van der Waals surface area contributed by atoms with Gasteiger partial charge in [0, 0.05) is 30.0 Å². The zero-order chi connectivity index (χ0) is 15.5. The molecule has 0 unspecified atom stereocenters. The molecule has 3 nitrogen and oxygen atoms in total. The van der Waals surface area contributed by atoms with E-state index in [0.717, 1.165) is 22.7 Å². The number of carbonyl (C=O) groups excluding carboxylic acids is 1. The molecule has 0 aliphatic carbocycles. The van der Waals surface area contributed by atoms with Gasteiger partial charge in [-0.25, -0.2) is 0 Å². The second-order valence-electron chi connectivity index (χ2n) is 5.31. The Hall–Kier alpha value is -1.30. The van der Waals surface area contributed by atoms with Crippen molar-refractivity contribution < 1.29 is 9.53 Å². The van der Waals surface area contributed by atoms with E-state index in [9.17, 15) is 4.79 Å². The van der Waals surface area contributed by atoms with Crippen molar-refractivity contribution in [2.75, 3.05) is 19.9 Å². The van der Waals surface area contributed by atoms with Gasteiger partial charge >= 0.3 is 0 Å². The number of ether oxygens (including phenoxy) is 1. The second kappa shape index (κ2) is 6.86. The van der Waals surface area contributed by atoms with E-state index in [4.69, 9.17) is 4.74 Å². The highest BCUT2D eigenvalue weighted by Crippen LogP contribution is 2.26. The number of thioether (sulfide) groups is 1. The number of fused-ring (bicyclic) bond motifs is 1. The fourth-order valence-corrected chi connectivity index (χ4v) is 4.11. The third kappa shape index (κ3) is 3.21. The Bertz CT molecular complexity index is 681. The first-order valence-electron chi connectivity index (χ1n) is 7.24. The minimum atomic E-state index is 0.131. The molecule has 5 heteroatoms. The lowest BCUT2D eigenvalue weighted by atomic mass is 10.00. The fourth-order valence-electron chi connectivity index (χ4n) is 2.70. The predicted molar refractivity (Wildman–Crippen MR) is 91.7 cm³/mol. The van der Waals surface area contributed by atoms with Crippen LogP contribution in [0.25, 0.3) is 0 Å². The van der Waals surface area contributed by atoms with E-state index in [1.165, 1.54) is 27.4 Å². The SMILES string of the molecule is COCc1ccc(C(=O)N2CCc3cc(SC)ccc3C2)s1. The zero-order valence-corrected chi connectivity index (χ0v) is 14.4. The Labute approximate surface area is 139 Å². The van der Waals surface area contributed by atoms with Gasteiger partial charge in [0.2, 0.25) is 0 Å². The number of amides is 1. The van der Waals surface area contributed by atoms with Crippen LogP contribution in [0.4, 0.5) is 0 Å². The molecule has 1 amide bonds. The van der Waals surface area contributed by atoms with Crippen molar-refractivity contribution >= 4 is 29.0 Å². The van der Waals surface area contributed by atoms with Crippen LogP contribution in [-0.4, -0.2) is 30.7 Å². The summed E-state index contributed by atoms with van der Waals surface area (Å²) in [5.41, 5.74) is 2.65. The summed E-state index contributed by atoms with van der Waals surface area (Å²) in [6, 6.07) is 10.4. The van der Waals surface area contributed by atoms with Crippen molar-refractivity contribution in [1.29, 1.82) is 0 Å². The summed E-state index contributed by atoms with van der Waals surface area (Å²) in [6.45, 7) is 2.07. The molecule has 0 bridgehead atoms. The van der Waals surface area contributed by atoms with Gasteiger partial charge in [-0.3, -0.25) is 4.79 Å². The van der Waals surface area contributed by atoms with Crippen LogP contribution in [-0.2, 0) is 24.3 Å². The van der Waals surface area contributed by atoms with Crippen molar-refractivity contribution in [3.05, 3.63) is 51.2 Å². The molecule has 116 valence electrons. The Morgan fingerprint density at radius 2 is 2.18 bits per heavy atom. The molecule has 1 aromatic carbocycles. The molecule has 0 radical (unpaired) electrons. The van der Waals surface area contributed by atoms with Gasteiger partial charge in [0.15, 0.2) is 0 Å². The maximum atomic E-state index is 12.6. The molecule has 0 spiro atoms. The van der Waals surface area contributed by atoms with Crippen LogP contribution in [0.2, 0.25) is 0 Å². The van der Waals surface area contributed by atoms with Crippen LogP contribution in [0.5, 0.6) is 0 Å². The van der Waals surface area contributed by atoms with Crippen molar-refractivity contribution in [3.63, 3.8) is 0 Å². The van der Waals surface area contributed by atoms with Crippen molar-refractivity contribution in [3.8, 4) is 0 Å². The second-order valence-corrected chi connectivity index (χ2v) is 7.36. The lowest BCUT2D eigenvalue weighted by Crippen LogP contribution is -2.35. The van der Waals surface area contributed by atoms with Crippen molar-refractivity contribution in [2.45, 2.75) is 24.5 Å². The number of carbonyl (C=O) groups is 1. The molecule has 1 aromatic heterocycles. The summed E-state index contributed by atoms with van der Waals surface area (Å²) in [4.78, 5) is 17.8. The minimum Gasteiger partial charge on any atom is -0.379 e. The summed E-state index contributed by atoms with van der Waals surface area (Å²) in [7, 11) is 1.67. The predicted octanol–water partition coefficient (Wildman–Crippen LogP) is 3.81. The van der Waals surface area contributed by atoms with Crippen LogP contribution in [0.1, 0.15) is 25.7 Å². The lowest BCUT2D eigenvalue weighted by Gasteiger charge is -2.28. The van der Waals surface area contributed by atoms with Gasteiger partial charge in [-0.1, -0.05) is 6.07 Å². The highest BCUT2D eigenvalue weighted by Gasteiger charge is 2.23. The third-order valence-electron chi connectivity index (χ3n) is 3.87. The van der Waals surface area contributed by atoms with Crippen molar-refractivity contribution in [1.82, 2.24) is 4.90 Å². The van der Waals surface area contributed by atoms with E-state index in [1.54, 1.807) is 18.9 Å². The number of benzene rings is 1. The number of hydrogen-bond acceptors (Lipinski definition) is 4. The smallest absolute Gasteiger partial charge is 0.264 e. The highest BCUT2D eigenvalue weighted by atomic mass is 32.2. The van der Waals surface area contributed by atoms with E-state index in [1.807, 2.05) is 17.0 Å². The lowest BCUT2D eigenvalue weighted by molar-refractivity contribution is 0.0739. The molecule has 0 atom stereocenters. The van der Waals surface area contributed by atoms with Gasteiger partial charge in [-0.15, -0.1) is 23.1 Å². The molecule has 1 aliphatic heterocycles. The summed E-state index contributed by atoms with van der Waals surface area (Å²) >= 11 is 3.29. The monoisotopic (exact) mass is 333 g/mol. The van der Waals surface area contributed by atoms with Crippen LogP contribution in [0.15, 0.2) is 35.2 Å². The molecule has 0 fully saturated rings. The number of methoxy groups -OCH3 is 1. The summed E-state index contributed by atoms with van der Waals surface area (Å²) in [5.74, 6) is 0.131. The van der Waals surface area contributed by atoms with E-state index in [-0.39, 0.29) is 5.91 Å². The maximum Gasteiger partial charge on any atom is 0.264 e. The largest absolute Gasteiger partial charge is 0.379 e. The van der Waals surface area contributed by atoms with Crippen LogP contribution >= 0.6 is 23.1 Å². The molecule has 22 heavy (non-hydrogen) atoms. The number of nitrogens with zero attached hydrogens (tertiary/aromatic N) is 1. The van der Waals surface area contributed by atoms with Crippen LogP contribution < -0.4 is 0 Å². The Balaban J connectivity index is 1.74.